The maximum absolute atomic E-state index is 12.7. The van der Waals surface area contributed by atoms with Crippen molar-refractivity contribution in [3.05, 3.63) is 53.5 Å². The molecule has 18 nitrogen and oxygen atoms in total. The molecule has 1 aromatic carbocycles. The Morgan fingerprint density at radius 3 is 2.55 bits per heavy atom. The van der Waals surface area contributed by atoms with Gasteiger partial charge in [0.2, 0.25) is 11.9 Å². The summed E-state index contributed by atoms with van der Waals surface area (Å²) in [6, 6.07) is 7.19. The van der Waals surface area contributed by atoms with Crippen molar-refractivity contribution >= 4 is 52.4 Å². The average molecular weight is 781 g/mol. The Morgan fingerprint density at radius 2 is 1.82 bits per heavy atom. The number of unbranched alkanes of at least 4 members (excludes halogenated alkanes) is 2. The van der Waals surface area contributed by atoms with Gasteiger partial charge in [-0.15, -0.1) is 16.9 Å². The summed E-state index contributed by atoms with van der Waals surface area (Å²) < 4.78 is 9.72. The van der Waals surface area contributed by atoms with Crippen LogP contribution in [0.3, 0.4) is 0 Å². The molecule has 298 valence electrons. The number of hydrogen-bond acceptors (Lipinski definition) is 14. The SMILES string of the molecule is CCCCCNc1nc(N)nc2ccn(Cc3ccc(CN4CCN(CCn5cc(CNC(=O)[C@H](CC(=O)O)SC[C@H](N)C(=O)O)nn5)CC4)cc3OC)c12. The monoisotopic (exact) mass is 780 g/mol. The van der Waals surface area contributed by atoms with Gasteiger partial charge in [-0.25, -0.2) is 4.98 Å². The van der Waals surface area contributed by atoms with E-state index in [1.54, 1.807) is 18.0 Å². The zero-order valence-corrected chi connectivity index (χ0v) is 32.2. The second-order valence-electron chi connectivity index (χ2n) is 13.6. The summed E-state index contributed by atoms with van der Waals surface area (Å²) >= 11 is 0.901. The van der Waals surface area contributed by atoms with Crippen molar-refractivity contribution in [2.75, 3.05) is 63.2 Å². The third kappa shape index (κ3) is 12.0. The molecular weight excluding hydrogens is 729 g/mol. The Morgan fingerprint density at radius 1 is 1.04 bits per heavy atom. The van der Waals surface area contributed by atoms with E-state index < -0.39 is 35.6 Å². The van der Waals surface area contributed by atoms with Crippen molar-refractivity contribution in [1.29, 1.82) is 0 Å². The third-order valence-electron chi connectivity index (χ3n) is 9.39. The molecule has 1 aliphatic heterocycles. The summed E-state index contributed by atoms with van der Waals surface area (Å²) in [6.45, 7) is 9.53. The van der Waals surface area contributed by atoms with Crippen LogP contribution in [-0.2, 0) is 40.6 Å². The molecule has 1 aliphatic rings. The van der Waals surface area contributed by atoms with E-state index in [9.17, 15) is 19.5 Å². The van der Waals surface area contributed by atoms with Gasteiger partial charge in [0.15, 0.2) is 5.82 Å². The van der Waals surface area contributed by atoms with Crippen LogP contribution in [0.25, 0.3) is 11.0 Å². The topological polar surface area (TPSA) is 245 Å². The highest BCUT2D eigenvalue weighted by Crippen LogP contribution is 2.28. The lowest BCUT2D eigenvalue weighted by Gasteiger charge is -2.34. The van der Waals surface area contributed by atoms with Gasteiger partial charge >= 0.3 is 11.9 Å². The van der Waals surface area contributed by atoms with E-state index in [1.165, 1.54) is 5.56 Å². The molecule has 0 bridgehead atoms. The first-order valence-electron chi connectivity index (χ1n) is 18.5. The van der Waals surface area contributed by atoms with Crippen LogP contribution in [0.4, 0.5) is 11.8 Å². The minimum Gasteiger partial charge on any atom is -0.496 e. The number of fused-ring (bicyclic) bond motifs is 1. The Balaban J connectivity index is 1.07. The Hall–Kier alpha value is -4.98. The number of anilines is 2. The molecule has 0 saturated carbocycles. The summed E-state index contributed by atoms with van der Waals surface area (Å²) in [5.41, 5.74) is 16.0. The van der Waals surface area contributed by atoms with Crippen LogP contribution in [0, 0.1) is 0 Å². The molecule has 0 unspecified atom stereocenters. The molecule has 4 aromatic rings. The number of carbonyl (C=O) groups is 3. The zero-order chi connectivity index (χ0) is 39.3. The van der Waals surface area contributed by atoms with E-state index >= 15 is 0 Å². The van der Waals surface area contributed by atoms with Crippen LogP contribution in [0.5, 0.6) is 5.75 Å². The molecule has 5 rings (SSSR count). The number of nitrogens with zero attached hydrogens (tertiary/aromatic N) is 8. The predicted octanol–water partition coefficient (Wildman–Crippen LogP) is 1.69. The fraction of sp³-hybridized carbons (Fsp3) is 0.528. The molecule has 3 aromatic heterocycles. The van der Waals surface area contributed by atoms with Crippen molar-refractivity contribution in [3.63, 3.8) is 0 Å². The van der Waals surface area contributed by atoms with Crippen molar-refractivity contribution in [3.8, 4) is 5.75 Å². The van der Waals surface area contributed by atoms with Crippen molar-refractivity contribution in [1.82, 2.24) is 44.6 Å². The summed E-state index contributed by atoms with van der Waals surface area (Å²) in [7, 11) is 1.70. The Bertz CT molecular complexity index is 1900. The molecule has 4 heterocycles. The van der Waals surface area contributed by atoms with Crippen LogP contribution in [-0.4, -0.2) is 131 Å². The quantitative estimate of drug-likeness (QED) is 0.0622. The van der Waals surface area contributed by atoms with Crippen molar-refractivity contribution in [2.24, 2.45) is 5.73 Å². The van der Waals surface area contributed by atoms with E-state index in [4.69, 9.17) is 21.3 Å². The number of piperazine rings is 1. The normalized spacial score (nSPS) is 14.8. The van der Waals surface area contributed by atoms with Crippen molar-refractivity contribution < 1.29 is 29.3 Å². The smallest absolute Gasteiger partial charge is 0.321 e. The van der Waals surface area contributed by atoms with Gasteiger partial charge in [0, 0.05) is 63.3 Å². The van der Waals surface area contributed by atoms with Crippen LogP contribution in [0.1, 0.15) is 49.4 Å². The lowest BCUT2D eigenvalue weighted by atomic mass is 10.1. The van der Waals surface area contributed by atoms with E-state index in [1.807, 2.05) is 12.3 Å². The zero-order valence-electron chi connectivity index (χ0n) is 31.4. The number of carbonyl (C=O) groups excluding carboxylic acids is 1. The first-order valence-corrected chi connectivity index (χ1v) is 19.5. The maximum Gasteiger partial charge on any atom is 0.321 e. The number of aromatic nitrogens is 6. The first kappa shape index (κ1) is 41.2. The standard InChI is InChI=1S/C36H52N12O6S/c1-3-4-5-9-39-33-32-28(41-36(38)42-33)8-10-47(32)21-25-7-6-24(17-29(25)54-2)20-46-13-11-45(12-14-46)15-16-48-22-26(43-44-48)19-40-34(51)30(18-31(49)50)55-23-27(37)35(52)53/h6-8,10,17,22,27,30H,3-5,9,11-16,18-21,23,37H2,1-2H3,(H,40,51)(H,49,50)(H,52,53)(H3,38,39,41,42)/t27-,30-/m0/s1. The average Bonchev–Trinajstić information content (AvgIpc) is 3.80. The van der Waals surface area contributed by atoms with E-state index in [2.05, 4.69) is 70.4 Å². The maximum atomic E-state index is 12.7. The predicted molar refractivity (Wildman–Crippen MR) is 210 cm³/mol. The van der Waals surface area contributed by atoms with Crippen molar-refractivity contribution in [2.45, 2.75) is 70.1 Å². The highest BCUT2D eigenvalue weighted by molar-refractivity contribution is 8.00. The number of aliphatic carboxylic acids is 2. The van der Waals surface area contributed by atoms with Crippen LogP contribution >= 0.6 is 11.8 Å². The summed E-state index contributed by atoms with van der Waals surface area (Å²) in [5, 5.41) is 31.6. The number of ether oxygens (including phenoxy) is 1. The molecule has 19 heteroatoms. The highest BCUT2D eigenvalue weighted by Gasteiger charge is 2.25. The molecule has 0 aliphatic carbocycles. The molecule has 1 saturated heterocycles. The van der Waals surface area contributed by atoms with Crippen LogP contribution in [0.2, 0.25) is 0 Å². The number of amides is 1. The number of nitrogens with one attached hydrogen (secondary N) is 2. The van der Waals surface area contributed by atoms with Crippen LogP contribution in [0.15, 0.2) is 36.7 Å². The van der Waals surface area contributed by atoms with Gasteiger partial charge in [0.05, 0.1) is 50.1 Å². The van der Waals surface area contributed by atoms with Gasteiger partial charge in [-0.3, -0.25) is 28.9 Å². The summed E-state index contributed by atoms with van der Waals surface area (Å²) in [5.74, 6) is -1.18. The molecular formula is C36H52N12O6S. The number of benzene rings is 1. The van der Waals surface area contributed by atoms with Crippen LogP contribution < -0.4 is 26.8 Å². The number of rotatable bonds is 22. The van der Waals surface area contributed by atoms with E-state index in [0.717, 1.165) is 105 Å². The number of nitrogen functional groups attached to an aromatic ring is 1. The lowest BCUT2D eigenvalue weighted by molar-refractivity contribution is -0.138. The number of methoxy groups -OCH3 is 1. The minimum atomic E-state index is -1.22. The number of nitrogens with two attached hydrogens (primary N) is 2. The molecule has 0 spiro atoms. The number of carboxylic acids is 2. The molecule has 1 fully saturated rings. The van der Waals surface area contributed by atoms with Gasteiger partial charge < -0.3 is 41.6 Å². The first-order chi connectivity index (χ1) is 26.5. The second kappa shape index (κ2) is 20.1. The fourth-order valence-electron chi connectivity index (χ4n) is 6.33. The molecule has 2 atom stereocenters. The Kier molecular flexibility index (Phi) is 15.0. The van der Waals surface area contributed by atoms with Gasteiger partial charge in [0.25, 0.3) is 0 Å². The van der Waals surface area contributed by atoms with Gasteiger partial charge in [0.1, 0.15) is 23.0 Å². The van der Waals surface area contributed by atoms with Gasteiger partial charge in [-0.05, 0) is 24.1 Å². The van der Waals surface area contributed by atoms with E-state index in [-0.39, 0.29) is 18.2 Å². The number of hydrogen-bond donors (Lipinski definition) is 6. The van der Waals surface area contributed by atoms with Gasteiger partial charge in [-0.2, -0.15) is 4.98 Å². The molecule has 1 amide bonds. The Labute approximate surface area is 324 Å². The largest absolute Gasteiger partial charge is 0.496 e. The van der Waals surface area contributed by atoms with Gasteiger partial charge in [-0.1, -0.05) is 37.1 Å². The third-order valence-corrected chi connectivity index (χ3v) is 10.7. The number of thioether (sulfide) groups is 1. The second-order valence-corrected chi connectivity index (χ2v) is 14.8. The fourth-order valence-corrected chi connectivity index (χ4v) is 7.41. The van der Waals surface area contributed by atoms with E-state index in [0.29, 0.717) is 18.8 Å². The molecule has 55 heavy (non-hydrogen) atoms. The lowest BCUT2D eigenvalue weighted by Crippen LogP contribution is -2.46. The molecule has 0 radical (unpaired) electrons. The molecule has 8 N–H and O–H groups in total. The number of carboxylic acid groups (broad SMARTS) is 2. The summed E-state index contributed by atoms with van der Waals surface area (Å²) in [6.07, 6.45) is 6.65. The summed E-state index contributed by atoms with van der Waals surface area (Å²) in [4.78, 5) is 48.7. The highest BCUT2D eigenvalue weighted by atomic mass is 32.2. The minimum absolute atomic E-state index is 0.0658.